The summed E-state index contributed by atoms with van der Waals surface area (Å²) in [5.41, 5.74) is 4.78. The molecule has 3 fully saturated rings. The lowest BCUT2D eigenvalue weighted by atomic mass is 9.84. The summed E-state index contributed by atoms with van der Waals surface area (Å²) in [5, 5.41) is 5.59. The lowest BCUT2D eigenvalue weighted by molar-refractivity contribution is -0.132. The number of benzodiazepines with no additional fused rings is 1. The van der Waals surface area contributed by atoms with Gasteiger partial charge in [0, 0.05) is 30.1 Å². The maximum absolute atomic E-state index is 14.1. The molecule has 0 spiro atoms. The fourth-order valence-electron chi connectivity index (χ4n) is 6.20. The SMILES string of the molecule is Cc1cccc(NC(=O)N[C@@H]2N=C(C(C)C)c3cccc(C)c3N(CC(=O)N3CC4CCC(CC4)C3)C2=O)c1. The first kappa shape index (κ1) is 26.9. The van der Waals surface area contributed by atoms with E-state index in [9.17, 15) is 14.4 Å². The molecule has 2 aromatic carbocycles. The zero-order chi connectivity index (χ0) is 27.7. The molecule has 2 bridgehead atoms. The number of nitrogens with zero attached hydrogens (tertiary/aromatic N) is 3. The Balaban J connectivity index is 1.45. The fraction of sp³-hybridized carbons (Fsp3) is 0.484. The van der Waals surface area contributed by atoms with Gasteiger partial charge in [-0.05, 0) is 80.5 Å². The Kier molecular flexibility index (Phi) is 7.73. The Morgan fingerprint density at radius 1 is 1.00 bits per heavy atom. The van der Waals surface area contributed by atoms with Crippen molar-refractivity contribution in [2.24, 2.45) is 22.7 Å². The zero-order valence-electron chi connectivity index (χ0n) is 23.4. The maximum atomic E-state index is 14.1. The highest BCUT2D eigenvalue weighted by molar-refractivity contribution is 6.15. The number of amides is 4. The summed E-state index contributed by atoms with van der Waals surface area (Å²) < 4.78 is 0. The van der Waals surface area contributed by atoms with E-state index >= 15 is 0 Å². The van der Waals surface area contributed by atoms with Crippen LogP contribution in [0.25, 0.3) is 0 Å². The van der Waals surface area contributed by atoms with Gasteiger partial charge >= 0.3 is 6.03 Å². The highest BCUT2D eigenvalue weighted by Crippen LogP contribution is 2.35. The monoisotopic (exact) mass is 529 g/mol. The van der Waals surface area contributed by atoms with Gasteiger partial charge in [0.2, 0.25) is 12.1 Å². The number of anilines is 2. The average Bonchev–Trinajstić information content (AvgIpc) is 3.28. The molecule has 2 aromatic rings. The number of benzene rings is 2. The minimum absolute atomic E-state index is 0.000586. The minimum Gasteiger partial charge on any atom is -0.341 e. The van der Waals surface area contributed by atoms with Crippen molar-refractivity contribution >= 4 is 34.9 Å². The summed E-state index contributed by atoms with van der Waals surface area (Å²) in [4.78, 5) is 49.2. The average molecular weight is 530 g/mol. The van der Waals surface area contributed by atoms with Crippen molar-refractivity contribution < 1.29 is 14.4 Å². The summed E-state index contributed by atoms with van der Waals surface area (Å²) in [6.07, 6.45) is 3.53. The van der Waals surface area contributed by atoms with Crippen molar-refractivity contribution in [1.29, 1.82) is 0 Å². The van der Waals surface area contributed by atoms with Gasteiger partial charge in [0.25, 0.3) is 5.91 Å². The van der Waals surface area contributed by atoms with Gasteiger partial charge in [0.1, 0.15) is 6.54 Å². The van der Waals surface area contributed by atoms with E-state index in [0.717, 1.165) is 35.5 Å². The van der Waals surface area contributed by atoms with Gasteiger partial charge in [-0.2, -0.15) is 0 Å². The van der Waals surface area contributed by atoms with Gasteiger partial charge in [0.05, 0.1) is 5.69 Å². The maximum Gasteiger partial charge on any atom is 0.321 e. The van der Waals surface area contributed by atoms with Crippen LogP contribution in [0.3, 0.4) is 0 Å². The van der Waals surface area contributed by atoms with E-state index in [-0.39, 0.29) is 18.4 Å². The van der Waals surface area contributed by atoms with E-state index in [2.05, 4.69) is 10.6 Å². The third-order valence-electron chi connectivity index (χ3n) is 8.21. The summed E-state index contributed by atoms with van der Waals surface area (Å²) in [6, 6.07) is 12.8. The first-order chi connectivity index (χ1) is 18.7. The van der Waals surface area contributed by atoms with Gasteiger partial charge in [-0.15, -0.1) is 0 Å². The van der Waals surface area contributed by atoms with Crippen LogP contribution in [0.4, 0.5) is 16.2 Å². The van der Waals surface area contributed by atoms with Gasteiger partial charge in [-0.25, -0.2) is 4.79 Å². The van der Waals surface area contributed by atoms with Gasteiger partial charge in [0.15, 0.2) is 0 Å². The molecule has 1 aliphatic carbocycles. The van der Waals surface area contributed by atoms with E-state index in [1.54, 1.807) is 11.0 Å². The predicted octanol–water partition coefficient (Wildman–Crippen LogP) is 4.89. The molecule has 8 nitrogen and oxygen atoms in total. The number of urea groups is 1. The number of hydrogen-bond donors (Lipinski definition) is 2. The van der Waals surface area contributed by atoms with Crippen LogP contribution in [0, 0.1) is 31.6 Å². The van der Waals surface area contributed by atoms with Crippen LogP contribution in [0.5, 0.6) is 0 Å². The van der Waals surface area contributed by atoms with Crippen molar-refractivity contribution in [3.63, 3.8) is 0 Å². The van der Waals surface area contributed by atoms with E-state index < -0.39 is 18.1 Å². The van der Waals surface area contributed by atoms with Crippen LogP contribution < -0.4 is 15.5 Å². The number of aliphatic imine (C=N–C) groups is 1. The fourth-order valence-corrected chi connectivity index (χ4v) is 6.20. The Morgan fingerprint density at radius 3 is 2.31 bits per heavy atom. The molecule has 3 aliphatic heterocycles. The number of carbonyl (C=O) groups excluding carboxylic acids is 3. The second-order valence-corrected chi connectivity index (χ2v) is 11.6. The summed E-state index contributed by atoms with van der Waals surface area (Å²) in [5.74, 6) is 0.618. The number of hydrogen-bond acceptors (Lipinski definition) is 4. The Labute approximate surface area is 230 Å². The van der Waals surface area contributed by atoms with Crippen LogP contribution in [-0.2, 0) is 9.59 Å². The molecule has 0 aromatic heterocycles. The van der Waals surface area contributed by atoms with Crippen molar-refractivity contribution in [3.8, 4) is 0 Å². The molecule has 2 N–H and O–H groups in total. The standard InChI is InChI=1S/C31H39N5O3/c1-19(2)27-25-10-6-8-21(4)28(25)36(18-26(37)35-16-22-11-12-23(17-35)14-13-22)30(38)29(33-27)34-31(39)32-24-9-5-7-20(3)15-24/h5-10,15,19,22-23,29H,11-14,16-18H2,1-4H3,(H2,32,34,39)/t22?,23?,29-/m0/s1. The predicted molar refractivity (Wildman–Crippen MR) is 154 cm³/mol. The number of para-hydroxylation sites is 1. The van der Waals surface area contributed by atoms with Crippen molar-refractivity contribution in [3.05, 3.63) is 59.2 Å². The normalized spacial score (nSPS) is 22.6. The van der Waals surface area contributed by atoms with E-state index in [4.69, 9.17) is 4.99 Å². The number of carbonyl (C=O) groups is 3. The Hall–Kier alpha value is -3.68. The molecule has 0 radical (unpaired) electrons. The molecule has 6 rings (SSSR count). The summed E-state index contributed by atoms with van der Waals surface area (Å²) >= 11 is 0. The lowest BCUT2D eigenvalue weighted by Crippen LogP contribution is -2.52. The highest BCUT2D eigenvalue weighted by atomic mass is 16.2. The Morgan fingerprint density at radius 2 is 1.67 bits per heavy atom. The third kappa shape index (κ3) is 5.84. The third-order valence-corrected chi connectivity index (χ3v) is 8.21. The first-order valence-corrected chi connectivity index (χ1v) is 14.1. The van der Waals surface area contributed by atoms with Crippen LogP contribution in [0.2, 0.25) is 0 Å². The molecule has 2 saturated heterocycles. The van der Waals surface area contributed by atoms with E-state index in [1.807, 2.05) is 69.0 Å². The smallest absolute Gasteiger partial charge is 0.321 e. The molecule has 1 saturated carbocycles. The van der Waals surface area contributed by atoms with Crippen molar-refractivity contribution in [1.82, 2.24) is 10.2 Å². The molecule has 0 unspecified atom stereocenters. The molecule has 1 atom stereocenters. The summed E-state index contributed by atoms with van der Waals surface area (Å²) in [6.45, 7) is 9.38. The quantitative estimate of drug-likeness (QED) is 0.577. The van der Waals surface area contributed by atoms with Gasteiger partial charge < -0.3 is 15.5 Å². The number of rotatable bonds is 5. The van der Waals surface area contributed by atoms with E-state index in [0.29, 0.717) is 23.2 Å². The van der Waals surface area contributed by atoms with Crippen LogP contribution in [0.1, 0.15) is 56.2 Å². The lowest BCUT2D eigenvalue weighted by Gasteiger charge is -2.30. The number of aryl methyl sites for hydroxylation is 2. The summed E-state index contributed by atoms with van der Waals surface area (Å²) in [7, 11) is 0. The van der Waals surface area contributed by atoms with E-state index in [1.165, 1.54) is 25.7 Å². The molecular formula is C31H39N5O3. The second kappa shape index (κ2) is 11.2. The van der Waals surface area contributed by atoms with Gasteiger partial charge in [-0.3, -0.25) is 19.5 Å². The highest BCUT2D eigenvalue weighted by Gasteiger charge is 2.38. The molecular weight excluding hydrogens is 490 g/mol. The molecule has 206 valence electrons. The van der Waals surface area contributed by atoms with Crippen molar-refractivity contribution in [2.45, 2.75) is 59.5 Å². The zero-order valence-corrected chi connectivity index (χ0v) is 23.4. The Bertz CT molecular complexity index is 1280. The number of nitrogens with one attached hydrogen (secondary N) is 2. The van der Waals surface area contributed by atoms with Crippen LogP contribution in [-0.4, -0.2) is 54.3 Å². The topological polar surface area (TPSA) is 94.1 Å². The van der Waals surface area contributed by atoms with Crippen LogP contribution >= 0.6 is 0 Å². The largest absolute Gasteiger partial charge is 0.341 e. The van der Waals surface area contributed by atoms with Crippen LogP contribution in [0.15, 0.2) is 47.5 Å². The minimum atomic E-state index is -1.16. The van der Waals surface area contributed by atoms with Gasteiger partial charge in [-0.1, -0.05) is 44.2 Å². The molecule has 3 heterocycles. The molecule has 8 heteroatoms. The first-order valence-electron chi connectivity index (χ1n) is 14.1. The number of fused-ring (bicyclic) bond motifs is 5. The second-order valence-electron chi connectivity index (χ2n) is 11.6. The molecule has 4 amide bonds. The van der Waals surface area contributed by atoms with Crippen molar-refractivity contribution in [2.75, 3.05) is 29.9 Å². The molecule has 39 heavy (non-hydrogen) atoms. The molecule has 4 aliphatic rings.